The quantitative estimate of drug-likeness (QED) is 0.522. The Morgan fingerprint density at radius 2 is 2.56 bits per heavy atom. The van der Waals surface area contributed by atoms with Crippen molar-refractivity contribution in [2.45, 2.75) is 11.4 Å². The molecule has 0 aliphatic heterocycles. The highest BCUT2D eigenvalue weighted by molar-refractivity contribution is 7.80. The lowest BCUT2D eigenvalue weighted by molar-refractivity contribution is 1.01. The Morgan fingerprint density at radius 3 is 3.00 bits per heavy atom. The van der Waals surface area contributed by atoms with Crippen LogP contribution >= 0.6 is 24.2 Å². The minimum atomic E-state index is 0.722. The molecule has 9 heavy (non-hydrogen) atoms. The van der Waals surface area contributed by atoms with E-state index in [4.69, 9.17) is 0 Å². The van der Waals surface area contributed by atoms with E-state index in [1.807, 2.05) is 6.08 Å². The Hall–Kier alpha value is -0.350. The molecule has 1 heterocycles. The van der Waals surface area contributed by atoms with Crippen LogP contribution in [0.1, 0.15) is 4.88 Å². The summed E-state index contributed by atoms with van der Waals surface area (Å²) in [5, 5.41) is 4.44. The molecule has 0 atom stereocenters. The highest BCUT2D eigenvalue weighted by Crippen LogP contribution is 2.14. The van der Waals surface area contributed by atoms with Crippen molar-refractivity contribution in [3.63, 3.8) is 0 Å². The van der Waals surface area contributed by atoms with Gasteiger partial charge in [-0.15, -0.1) is 24.3 Å². The predicted molar refractivity (Wildman–Crippen MR) is 41.1 cm³/mol. The summed E-state index contributed by atoms with van der Waals surface area (Å²) in [6, 6.07) is 0. The number of rotatable bonds is 2. The molecular formula is C5H6N2S2. The number of thiol groups is 1. The van der Waals surface area contributed by atoms with Crippen LogP contribution in [-0.4, -0.2) is 9.59 Å². The lowest BCUT2D eigenvalue weighted by Crippen LogP contribution is -1.74. The van der Waals surface area contributed by atoms with Gasteiger partial charge in [-0.05, 0) is 11.5 Å². The lowest BCUT2D eigenvalue weighted by atomic mass is 10.4. The summed E-state index contributed by atoms with van der Waals surface area (Å²) in [6.07, 6.45) is 2.63. The first-order valence-electron chi connectivity index (χ1n) is 2.45. The van der Waals surface area contributed by atoms with E-state index < -0.39 is 0 Å². The van der Waals surface area contributed by atoms with Gasteiger partial charge in [0, 0.05) is 6.42 Å². The van der Waals surface area contributed by atoms with Gasteiger partial charge in [0.05, 0.1) is 4.88 Å². The zero-order valence-corrected chi connectivity index (χ0v) is 6.45. The molecule has 0 amide bonds. The fourth-order valence-electron chi connectivity index (χ4n) is 0.465. The fraction of sp³-hybridized carbons (Fsp3) is 0.200. The number of nitrogens with zero attached hydrogens (tertiary/aromatic N) is 2. The SMILES string of the molecule is C=CCc1snnc1S. The number of hydrogen-bond donors (Lipinski definition) is 1. The van der Waals surface area contributed by atoms with E-state index in [-0.39, 0.29) is 0 Å². The summed E-state index contributed by atoms with van der Waals surface area (Å²) in [6.45, 7) is 3.59. The average Bonchev–Trinajstić information content (AvgIpc) is 2.18. The van der Waals surface area contributed by atoms with Gasteiger partial charge in [-0.3, -0.25) is 0 Å². The highest BCUT2D eigenvalue weighted by atomic mass is 32.1. The molecule has 0 unspecified atom stereocenters. The molecule has 1 aromatic heterocycles. The van der Waals surface area contributed by atoms with Crippen LogP contribution in [0.2, 0.25) is 0 Å². The van der Waals surface area contributed by atoms with Crippen molar-refractivity contribution in [3.8, 4) is 0 Å². The topological polar surface area (TPSA) is 25.8 Å². The first kappa shape index (κ1) is 6.77. The molecule has 2 nitrogen and oxygen atoms in total. The molecule has 0 saturated carbocycles. The van der Waals surface area contributed by atoms with E-state index in [0.717, 1.165) is 16.3 Å². The van der Waals surface area contributed by atoms with Crippen LogP contribution in [0.4, 0.5) is 0 Å². The van der Waals surface area contributed by atoms with E-state index in [1.165, 1.54) is 11.5 Å². The van der Waals surface area contributed by atoms with Gasteiger partial charge in [0.1, 0.15) is 5.03 Å². The maximum Gasteiger partial charge on any atom is 0.132 e. The molecule has 0 fully saturated rings. The first-order chi connectivity index (χ1) is 4.34. The molecule has 0 bridgehead atoms. The number of allylic oxidation sites excluding steroid dienone is 1. The molecule has 4 heteroatoms. The van der Waals surface area contributed by atoms with Gasteiger partial charge in [0.15, 0.2) is 0 Å². The minimum Gasteiger partial charge on any atom is -0.132 e. The first-order valence-corrected chi connectivity index (χ1v) is 3.67. The van der Waals surface area contributed by atoms with Crippen molar-refractivity contribution in [3.05, 3.63) is 17.5 Å². The summed E-state index contributed by atoms with van der Waals surface area (Å²) in [4.78, 5) is 1.08. The third-order valence-electron chi connectivity index (χ3n) is 0.866. The standard InChI is InChI=1S/C5H6N2S2/c1-2-3-4-5(8)6-7-9-4/h2,8H,1,3H2. The van der Waals surface area contributed by atoms with Gasteiger partial charge >= 0.3 is 0 Å². The van der Waals surface area contributed by atoms with Crippen molar-refractivity contribution in [1.82, 2.24) is 9.59 Å². The predicted octanol–water partition coefficient (Wildman–Crippen LogP) is 1.56. The number of hydrogen-bond acceptors (Lipinski definition) is 4. The molecule has 48 valence electrons. The maximum atomic E-state index is 4.07. The lowest BCUT2D eigenvalue weighted by Gasteiger charge is -1.84. The van der Waals surface area contributed by atoms with Gasteiger partial charge in [-0.1, -0.05) is 10.6 Å². The zero-order valence-electron chi connectivity index (χ0n) is 4.74. The van der Waals surface area contributed by atoms with E-state index in [9.17, 15) is 0 Å². The van der Waals surface area contributed by atoms with Crippen molar-refractivity contribution in [2.75, 3.05) is 0 Å². The second kappa shape index (κ2) is 2.98. The Morgan fingerprint density at radius 1 is 1.78 bits per heavy atom. The molecule has 0 aromatic carbocycles. The smallest absolute Gasteiger partial charge is 0.132 e. The van der Waals surface area contributed by atoms with E-state index in [0.29, 0.717) is 0 Å². The largest absolute Gasteiger partial charge is 0.132 e. The normalized spacial score (nSPS) is 9.44. The molecule has 0 aliphatic rings. The molecule has 0 radical (unpaired) electrons. The second-order valence-corrected chi connectivity index (χ2v) is 2.77. The van der Waals surface area contributed by atoms with Crippen LogP contribution in [0, 0.1) is 0 Å². The zero-order chi connectivity index (χ0) is 6.69. The molecular weight excluding hydrogens is 152 g/mol. The van der Waals surface area contributed by atoms with Gasteiger partial charge in [-0.2, -0.15) is 0 Å². The monoisotopic (exact) mass is 158 g/mol. The van der Waals surface area contributed by atoms with Crippen LogP contribution in [0.15, 0.2) is 17.7 Å². The third kappa shape index (κ3) is 1.53. The molecule has 0 spiro atoms. The highest BCUT2D eigenvalue weighted by Gasteiger charge is 1.98. The summed E-state index contributed by atoms with van der Waals surface area (Å²) in [5.41, 5.74) is 0. The van der Waals surface area contributed by atoms with Gasteiger partial charge < -0.3 is 0 Å². The second-order valence-electron chi connectivity index (χ2n) is 1.51. The van der Waals surface area contributed by atoms with Gasteiger partial charge in [0.2, 0.25) is 0 Å². The molecule has 1 rings (SSSR count). The molecule has 0 saturated heterocycles. The van der Waals surface area contributed by atoms with Gasteiger partial charge in [-0.25, -0.2) is 0 Å². The van der Waals surface area contributed by atoms with Crippen LogP contribution < -0.4 is 0 Å². The maximum absolute atomic E-state index is 4.07. The molecule has 1 aromatic rings. The Labute approximate surface area is 63.2 Å². The minimum absolute atomic E-state index is 0.722. The average molecular weight is 158 g/mol. The van der Waals surface area contributed by atoms with Crippen LogP contribution in [0.5, 0.6) is 0 Å². The van der Waals surface area contributed by atoms with E-state index in [2.05, 4.69) is 28.8 Å². The number of aromatic nitrogens is 2. The molecule has 0 N–H and O–H groups in total. The summed E-state index contributed by atoms with van der Waals surface area (Å²) in [7, 11) is 0. The summed E-state index contributed by atoms with van der Waals surface area (Å²) in [5.74, 6) is 0. The van der Waals surface area contributed by atoms with Crippen molar-refractivity contribution >= 4 is 24.2 Å². The van der Waals surface area contributed by atoms with Crippen molar-refractivity contribution in [1.29, 1.82) is 0 Å². The summed E-state index contributed by atoms with van der Waals surface area (Å²) < 4.78 is 3.71. The van der Waals surface area contributed by atoms with Gasteiger partial charge in [0.25, 0.3) is 0 Å². The third-order valence-corrected chi connectivity index (χ3v) is 2.12. The van der Waals surface area contributed by atoms with Crippen molar-refractivity contribution in [2.24, 2.45) is 0 Å². The van der Waals surface area contributed by atoms with Crippen LogP contribution in [0.3, 0.4) is 0 Å². The molecule has 0 aliphatic carbocycles. The van der Waals surface area contributed by atoms with Crippen molar-refractivity contribution < 1.29 is 0 Å². The Kier molecular flexibility index (Phi) is 2.24. The van der Waals surface area contributed by atoms with Crippen LogP contribution in [0.25, 0.3) is 0 Å². The Balaban J connectivity index is 2.80. The Bertz CT molecular complexity index is 206. The van der Waals surface area contributed by atoms with E-state index >= 15 is 0 Å². The van der Waals surface area contributed by atoms with E-state index in [1.54, 1.807) is 0 Å². The fourth-order valence-corrected chi connectivity index (χ4v) is 1.32. The summed E-state index contributed by atoms with van der Waals surface area (Å²) >= 11 is 5.44. The van der Waals surface area contributed by atoms with Crippen LogP contribution in [-0.2, 0) is 6.42 Å².